The number of amides is 1. The van der Waals surface area contributed by atoms with Gasteiger partial charge >= 0.3 is 0 Å². The van der Waals surface area contributed by atoms with Gasteiger partial charge in [-0.25, -0.2) is 12.7 Å². The zero-order valence-corrected chi connectivity index (χ0v) is 19.1. The van der Waals surface area contributed by atoms with Crippen molar-refractivity contribution >= 4 is 15.9 Å². The molecule has 0 unspecified atom stereocenters. The summed E-state index contributed by atoms with van der Waals surface area (Å²) in [7, 11) is -3.38. The second-order valence-electron chi connectivity index (χ2n) is 8.51. The zero-order chi connectivity index (χ0) is 21.9. The molecular weight excluding hydrogens is 396 g/mol. The molecule has 0 saturated carbocycles. The van der Waals surface area contributed by atoms with E-state index in [1.54, 1.807) is 0 Å². The Kier molecular flexibility index (Phi) is 6.98. The van der Waals surface area contributed by atoms with Gasteiger partial charge in [0.1, 0.15) is 0 Å². The Hall–Kier alpha value is -2.18. The first-order valence-corrected chi connectivity index (χ1v) is 12.2. The highest BCUT2D eigenvalue weighted by Gasteiger charge is 2.31. The summed E-state index contributed by atoms with van der Waals surface area (Å²) in [4.78, 5) is 12.8. The van der Waals surface area contributed by atoms with E-state index in [4.69, 9.17) is 0 Å². The van der Waals surface area contributed by atoms with Crippen LogP contribution in [0.5, 0.6) is 0 Å². The van der Waals surface area contributed by atoms with Crippen molar-refractivity contribution in [3.63, 3.8) is 0 Å². The predicted octanol–water partition coefficient (Wildman–Crippen LogP) is 4.03. The predicted molar refractivity (Wildman–Crippen MR) is 121 cm³/mol. The first-order valence-electron chi connectivity index (χ1n) is 10.6. The number of benzene rings is 2. The van der Waals surface area contributed by atoms with Crippen molar-refractivity contribution in [2.75, 3.05) is 13.1 Å². The molecule has 3 rings (SSSR count). The van der Waals surface area contributed by atoms with E-state index in [2.05, 4.69) is 37.4 Å². The smallest absolute Gasteiger partial charge is 0.223 e. The molecule has 6 heteroatoms. The number of nitrogens with one attached hydrogen (secondary N) is 1. The Morgan fingerprint density at radius 3 is 2.37 bits per heavy atom. The molecule has 162 valence electrons. The van der Waals surface area contributed by atoms with Crippen LogP contribution >= 0.6 is 0 Å². The van der Waals surface area contributed by atoms with Crippen molar-refractivity contribution in [2.45, 2.75) is 52.3 Å². The number of rotatable bonds is 6. The Labute approximate surface area is 180 Å². The van der Waals surface area contributed by atoms with Gasteiger partial charge in [-0.3, -0.25) is 4.79 Å². The van der Waals surface area contributed by atoms with E-state index >= 15 is 0 Å². The SMILES string of the molecule is Cc1cccc(CS(=O)(=O)N2CCC(C(=O)N[C@@H](C)c3ccc(C)cc3C)CC2)c1. The third-order valence-corrected chi connectivity index (χ3v) is 7.75. The lowest BCUT2D eigenvalue weighted by Gasteiger charge is -2.31. The molecule has 30 heavy (non-hydrogen) atoms. The van der Waals surface area contributed by atoms with Crippen molar-refractivity contribution in [1.29, 1.82) is 0 Å². The molecule has 0 spiro atoms. The quantitative estimate of drug-likeness (QED) is 0.755. The summed E-state index contributed by atoms with van der Waals surface area (Å²) in [5.41, 5.74) is 5.34. The molecule has 0 bridgehead atoms. The van der Waals surface area contributed by atoms with Gasteiger partial charge in [0.15, 0.2) is 0 Å². The summed E-state index contributed by atoms with van der Waals surface area (Å²) in [6.45, 7) is 8.86. The number of hydrogen-bond donors (Lipinski definition) is 1. The normalized spacial score (nSPS) is 16.9. The second kappa shape index (κ2) is 9.31. The van der Waals surface area contributed by atoms with Gasteiger partial charge in [-0.05, 0) is 57.2 Å². The fourth-order valence-electron chi connectivity index (χ4n) is 4.22. The van der Waals surface area contributed by atoms with Crippen molar-refractivity contribution in [1.82, 2.24) is 9.62 Å². The summed E-state index contributed by atoms with van der Waals surface area (Å²) >= 11 is 0. The van der Waals surface area contributed by atoms with E-state index < -0.39 is 10.0 Å². The van der Waals surface area contributed by atoms with Crippen LogP contribution in [-0.2, 0) is 20.6 Å². The molecule has 1 aliphatic rings. The van der Waals surface area contributed by atoms with E-state index in [0.717, 1.165) is 16.7 Å². The topological polar surface area (TPSA) is 66.5 Å². The lowest BCUT2D eigenvalue weighted by molar-refractivity contribution is -0.126. The van der Waals surface area contributed by atoms with E-state index in [1.807, 2.05) is 38.1 Å². The van der Waals surface area contributed by atoms with Crippen LogP contribution in [0.15, 0.2) is 42.5 Å². The third kappa shape index (κ3) is 5.49. The zero-order valence-electron chi connectivity index (χ0n) is 18.3. The van der Waals surface area contributed by atoms with Crippen LogP contribution in [0.4, 0.5) is 0 Å². The van der Waals surface area contributed by atoms with Crippen molar-refractivity contribution < 1.29 is 13.2 Å². The minimum atomic E-state index is -3.38. The number of piperidine rings is 1. The fourth-order valence-corrected chi connectivity index (χ4v) is 5.77. The minimum absolute atomic E-state index is 0.00920. The van der Waals surface area contributed by atoms with Crippen LogP contribution in [0.3, 0.4) is 0 Å². The minimum Gasteiger partial charge on any atom is -0.349 e. The number of aryl methyl sites for hydroxylation is 3. The molecule has 1 N–H and O–H groups in total. The standard InChI is InChI=1S/C24H32N2O3S/c1-17-6-5-7-21(15-17)16-30(28,29)26-12-10-22(11-13-26)24(27)25-20(4)23-9-8-18(2)14-19(23)3/h5-9,14-15,20,22H,10-13,16H2,1-4H3,(H,25,27)/t20-/m0/s1. The maximum atomic E-state index is 12.8. The first-order chi connectivity index (χ1) is 14.2. The van der Waals surface area contributed by atoms with Crippen molar-refractivity contribution in [2.24, 2.45) is 5.92 Å². The molecular formula is C24H32N2O3S. The van der Waals surface area contributed by atoms with E-state index in [9.17, 15) is 13.2 Å². The van der Waals surface area contributed by atoms with Gasteiger partial charge in [0.2, 0.25) is 15.9 Å². The van der Waals surface area contributed by atoms with Gasteiger partial charge in [-0.2, -0.15) is 0 Å². The number of nitrogens with zero attached hydrogens (tertiary/aromatic N) is 1. The van der Waals surface area contributed by atoms with Gasteiger partial charge in [0.25, 0.3) is 0 Å². The molecule has 0 aliphatic carbocycles. The van der Waals surface area contributed by atoms with Crippen molar-refractivity contribution in [3.05, 3.63) is 70.3 Å². The van der Waals surface area contributed by atoms with Gasteiger partial charge in [0.05, 0.1) is 11.8 Å². The molecule has 1 amide bonds. The first kappa shape index (κ1) is 22.5. The molecule has 2 aromatic carbocycles. The monoisotopic (exact) mass is 428 g/mol. The molecule has 1 saturated heterocycles. The second-order valence-corrected chi connectivity index (χ2v) is 10.5. The van der Waals surface area contributed by atoms with Crippen LogP contribution in [-0.4, -0.2) is 31.7 Å². The van der Waals surface area contributed by atoms with Crippen LogP contribution in [0.25, 0.3) is 0 Å². The summed E-state index contributed by atoms with van der Waals surface area (Å²) in [6.07, 6.45) is 1.11. The Balaban J connectivity index is 1.56. The number of hydrogen-bond acceptors (Lipinski definition) is 3. The molecule has 1 heterocycles. The van der Waals surface area contributed by atoms with Crippen LogP contribution in [0, 0.1) is 26.7 Å². The van der Waals surface area contributed by atoms with E-state index in [-0.39, 0.29) is 23.6 Å². The number of carbonyl (C=O) groups excluding carboxylic acids is 1. The largest absolute Gasteiger partial charge is 0.349 e. The summed E-state index contributed by atoms with van der Waals surface area (Å²) in [5.74, 6) is -0.128. The van der Waals surface area contributed by atoms with E-state index in [1.165, 1.54) is 15.4 Å². The maximum Gasteiger partial charge on any atom is 0.223 e. The molecule has 1 aliphatic heterocycles. The fraction of sp³-hybridized carbons (Fsp3) is 0.458. The molecule has 0 radical (unpaired) electrons. The maximum absolute atomic E-state index is 12.8. The Bertz CT molecular complexity index is 1010. The van der Waals surface area contributed by atoms with Gasteiger partial charge < -0.3 is 5.32 Å². The third-order valence-electron chi connectivity index (χ3n) is 5.90. The number of sulfonamides is 1. The lowest BCUT2D eigenvalue weighted by Crippen LogP contribution is -2.43. The molecule has 5 nitrogen and oxygen atoms in total. The highest BCUT2D eigenvalue weighted by molar-refractivity contribution is 7.88. The molecule has 0 aromatic heterocycles. The lowest BCUT2D eigenvalue weighted by atomic mass is 9.95. The molecule has 1 fully saturated rings. The van der Waals surface area contributed by atoms with Crippen LogP contribution in [0.1, 0.15) is 53.6 Å². The van der Waals surface area contributed by atoms with Gasteiger partial charge in [-0.1, -0.05) is 53.6 Å². The Morgan fingerprint density at radius 2 is 1.73 bits per heavy atom. The van der Waals surface area contributed by atoms with E-state index in [0.29, 0.717) is 25.9 Å². The molecule has 2 aromatic rings. The molecule has 1 atom stereocenters. The summed E-state index contributed by atoms with van der Waals surface area (Å²) < 4.78 is 27.1. The van der Waals surface area contributed by atoms with Crippen molar-refractivity contribution in [3.8, 4) is 0 Å². The van der Waals surface area contributed by atoms with Crippen LogP contribution in [0.2, 0.25) is 0 Å². The highest BCUT2D eigenvalue weighted by atomic mass is 32.2. The van der Waals surface area contributed by atoms with Crippen LogP contribution < -0.4 is 5.32 Å². The summed E-state index contributed by atoms with van der Waals surface area (Å²) in [6, 6.07) is 13.8. The average Bonchev–Trinajstić information content (AvgIpc) is 2.67. The average molecular weight is 429 g/mol. The van der Waals surface area contributed by atoms with Gasteiger partial charge in [-0.15, -0.1) is 0 Å². The van der Waals surface area contributed by atoms with Gasteiger partial charge in [0, 0.05) is 19.0 Å². The Morgan fingerprint density at radius 1 is 1.07 bits per heavy atom. The summed E-state index contributed by atoms with van der Waals surface area (Å²) in [5, 5.41) is 3.12. The highest BCUT2D eigenvalue weighted by Crippen LogP contribution is 2.24. The number of carbonyl (C=O) groups is 1.